The Hall–Kier alpha value is -1.29. The molecule has 0 radical (unpaired) electrons. The van der Waals surface area contributed by atoms with Gasteiger partial charge in [-0.3, -0.25) is 0 Å². The number of hydrogen-bond donors (Lipinski definition) is 1. The molecule has 0 atom stereocenters. The van der Waals surface area contributed by atoms with Crippen LogP contribution in [0.15, 0.2) is 35.5 Å². The fourth-order valence-corrected chi connectivity index (χ4v) is 1.93. The fraction of sp³-hybridized carbons (Fsp3) is 0.273. The highest BCUT2D eigenvalue weighted by Gasteiger charge is 2.10. The molecule has 15 heavy (non-hydrogen) atoms. The Labute approximate surface area is 93.2 Å². The van der Waals surface area contributed by atoms with Crippen molar-refractivity contribution in [1.29, 1.82) is 0 Å². The maximum Gasteiger partial charge on any atom is 0.338 e. The first-order valence-electron chi connectivity index (χ1n) is 4.63. The summed E-state index contributed by atoms with van der Waals surface area (Å²) in [6, 6.07) is 3.19. The van der Waals surface area contributed by atoms with Gasteiger partial charge in [-0.15, -0.1) is 11.8 Å². The van der Waals surface area contributed by atoms with Gasteiger partial charge in [0.15, 0.2) is 0 Å². The SMILES string of the molecule is C=C(CC)CSc1ncccc1C(=O)O. The molecular formula is C11H13NO2S. The Morgan fingerprint density at radius 3 is 3.00 bits per heavy atom. The number of hydrogen-bond acceptors (Lipinski definition) is 3. The van der Waals surface area contributed by atoms with Crippen LogP contribution in [0.3, 0.4) is 0 Å². The molecule has 1 heterocycles. The maximum absolute atomic E-state index is 10.9. The summed E-state index contributed by atoms with van der Waals surface area (Å²) in [5, 5.41) is 9.47. The Morgan fingerprint density at radius 2 is 2.40 bits per heavy atom. The highest BCUT2D eigenvalue weighted by atomic mass is 32.2. The van der Waals surface area contributed by atoms with Gasteiger partial charge < -0.3 is 5.11 Å². The molecule has 0 aromatic carbocycles. The standard InChI is InChI=1S/C11H13NO2S/c1-3-8(2)7-15-10-9(11(13)14)5-4-6-12-10/h4-6H,2-3,7H2,1H3,(H,13,14). The first-order valence-corrected chi connectivity index (χ1v) is 5.61. The van der Waals surface area contributed by atoms with Crippen LogP contribution in [0.5, 0.6) is 0 Å². The molecule has 0 saturated carbocycles. The minimum atomic E-state index is -0.937. The van der Waals surface area contributed by atoms with Crippen LogP contribution in [0.25, 0.3) is 0 Å². The van der Waals surface area contributed by atoms with Crippen LogP contribution in [0.1, 0.15) is 23.7 Å². The monoisotopic (exact) mass is 223 g/mol. The third kappa shape index (κ3) is 3.40. The Kier molecular flexibility index (Phi) is 4.37. The summed E-state index contributed by atoms with van der Waals surface area (Å²) in [5.74, 6) is -0.221. The Bertz CT molecular complexity index is 377. The quantitative estimate of drug-likeness (QED) is 0.616. The van der Waals surface area contributed by atoms with E-state index in [1.54, 1.807) is 18.3 Å². The van der Waals surface area contributed by atoms with Crippen molar-refractivity contribution in [3.05, 3.63) is 36.0 Å². The number of pyridine rings is 1. The fourth-order valence-electron chi connectivity index (χ4n) is 0.941. The molecule has 1 aromatic rings. The van der Waals surface area contributed by atoms with E-state index in [1.165, 1.54) is 11.8 Å². The van der Waals surface area contributed by atoms with E-state index in [-0.39, 0.29) is 5.56 Å². The van der Waals surface area contributed by atoms with Crippen LogP contribution < -0.4 is 0 Å². The molecule has 0 fully saturated rings. The number of carboxylic acid groups (broad SMARTS) is 1. The lowest BCUT2D eigenvalue weighted by Crippen LogP contribution is -2.00. The molecule has 80 valence electrons. The van der Waals surface area contributed by atoms with E-state index in [2.05, 4.69) is 11.6 Å². The summed E-state index contributed by atoms with van der Waals surface area (Å²) in [7, 11) is 0. The van der Waals surface area contributed by atoms with Gasteiger partial charge in [-0.25, -0.2) is 9.78 Å². The van der Waals surface area contributed by atoms with Gasteiger partial charge in [-0.1, -0.05) is 19.1 Å². The summed E-state index contributed by atoms with van der Waals surface area (Å²) in [6.07, 6.45) is 2.51. The highest BCUT2D eigenvalue weighted by molar-refractivity contribution is 7.99. The van der Waals surface area contributed by atoms with Gasteiger partial charge in [-0.2, -0.15) is 0 Å². The van der Waals surface area contributed by atoms with Gasteiger partial charge in [-0.05, 0) is 18.6 Å². The summed E-state index contributed by atoms with van der Waals surface area (Å²) in [5.41, 5.74) is 1.34. The number of carbonyl (C=O) groups is 1. The van der Waals surface area contributed by atoms with Crippen molar-refractivity contribution in [2.75, 3.05) is 5.75 Å². The van der Waals surface area contributed by atoms with Crippen LogP contribution in [-0.4, -0.2) is 21.8 Å². The lowest BCUT2D eigenvalue weighted by molar-refractivity contribution is 0.0692. The molecule has 0 amide bonds. The molecule has 0 saturated heterocycles. The molecule has 0 unspecified atom stereocenters. The molecule has 1 rings (SSSR count). The predicted octanol–water partition coefficient (Wildman–Crippen LogP) is 2.84. The van der Waals surface area contributed by atoms with Gasteiger partial charge in [0.2, 0.25) is 0 Å². The number of rotatable bonds is 5. The summed E-state index contributed by atoms with van der Waals surface area (Å²) in [6.45, 7) is 5.89. The van der Waals surface area contributed by atoms with Crippen LogP contribution in [0.4, 0.5) is 0 Å². The number of thioether (sulfide) groups is 1. The van der Waals surface area contributed by atoms with E-state index >= 15 is 0 Å². The van der Waals surface area contributed by atoms with Crippen molar-refractivity contribution in [3.63, 3.8) is 0 Å². The second-order valence-corrected chi connectivity index (χ2v) is 4.02. The smallest absolute Gasteiger partial charge is 0.338 e. The third-order valence-electron chi connectivity index (χ3n) is 1.91. The molecule has 0 aliphatic rings. The van der Waals surface area contributed by atoms with Crippen molar-refractivity contribution < 1.29 is 9.90 Å². The van der Waals surface area contributed by atoms with Crippen molar-refractivity contribution >= 4 is 17.7 Å². The van der Waals surface area contributed by atoms with Crippen molar-refractivity contribution in [2.24, 2.45) is 0 Å². The largest absolute Gasteiger partial charge is 0.478 e. The average molecular weight is 223 g/mol. The maximum atomic E-state index is 10.9. The topological polar surface area (TPSA) is 50.2 Å². The zero-order valence-electron chi connectivity index (χ0n) is 8.56. The first-order chi connectivity index (χ1) is 7.15. The van der Waals surface area contributed by atoms with Crippen molar-refractivity contribution in [2.45, 2.75) is 18.4 Å². The second-order valence-electron chi connectivity index (χ2n) is 3.05. The molecule has 0 bridgehead atoms. The van der Waals surface area contributed by atoms with Crippen LogP contribution in [0.2, 0.25) is 0 Å². The lowest BCUT2D eigenvalue weighted by Gasteiger charge is -2.04. The van der Waals surface area contributed by atoms with Gasteiger partial charge in [0.1, 0.15) is 5.03 Å². The minimum absolute atomic E-state index is 0.256. The molecule has 3 nitrogen and oxygen atoms in total. The third-order valence-corrected chi connectivity index (χ3v) is 3.07. The van der Waals surface area contributed by atoms with Crippen molar-refractivity contribution in [1.82, 2.24) is 4.98 Å². The molecule has 0 aliphatic carbocycles. The van der Waals surface area contributed by atoms with Gasteiger partial charge >= 0.3 is 5.97 Å². The van der Waals surface area contributed by atoms with E-state index in [1.807, 2.05) is 6.92 Å². The average Bonchev–Trinajstić information content (AvgIpc) is 2.26. The number of nitrogens with zero attached hydrogens (tertiary/aromatic N) is 1. The number of aromatic nitrogens is 1. The summed E-state index contributed by atoms with van der Waals surface area (Å²) >= 11 is 1.42. The molecule has 4 heteroatoms. The summed E-state index contributed by atoms with van der Waals surface area (Å²) < 4.78 is 0. The van der Waals surface area contributed by atoms with Gasteiger partial charge in [0.25, 0.3) is 0 Å². The van der Waals surface area contributed by atoms with Gasteiger partial charge in [0, 0.05) is 11.9 Å². The second kappa shape index (κ2) is 5.56. The highest BCUT2D eigenvalue weighted by Crippen LogP contribution is 2.22. The molecule has 0 aliphatic heterocycles. The lowest BCUT2D eigenvalue weighted by atomic mass is 10.3. The number of aromatic carboxylic acids is 1. The molecule has 1 aromatic heterocycles. The van der Waals surface area contributed by atoms with E-state index < -0.39 is 5.97 Å². The number of carboxylic acids is 1. The summed E-state index contributed by atoms with van der Waals surface area (Å²) in [4.78, 5) is 14.9. The van der Waals surface area contributed by atoms with E-state index in [0.29, 0.717) is 10.8 Å². The van der Waals surface area contributed by atoms with Crippen LogP contribution >= 0.6 is 11.8 Å². The van der Waals surface area contributed by atoms with E-state index in [4.69, 9.17) is 5.11 Å². The molecular weight excluding hydrogens is 210 g/mol. The molecule has 1 N–H and O–H groups in total. The predicted molar refractivity (Wildman–Crippen MR) is 61.4 cm³/mol. The van der Waals surface area contributed by atoms with Gasteiger partial charge in [0.05, 0.1) is 5.56 Å². The van der Waals surface area contributed by atoms with E-state index in [0.717, 1.165) is 12.0 Å². The van der Waals surface area contributed by atoms with Crippen molar-refractivity contribution in [3.8, 4) is 0 Å². The first kappa shape index (κ1) is 11.8. The normalized spacial score (nSPS) is 9.93. The Morgan fingerprint density at radius 1 is 1.67 bits per heavy atom. The Balaban J connectivity index is 2.76. The van der Waals surface area contributed by atoms with Crippen LogP contribution in [-0.2, 0) is 0 Å². The van der Waals surface area contributed by atoms with E-state index in [9.17, 15) is 4.79 Å². The zero-order valence-corrected chi connectivity index (χ0v) is 9.38. The minimum Gasteiger partial charge on any atom is -0.478 e. The van der Waals surface area contributed by atoms with Crippen LogP contribution in [0, 0.1) is 0 Å². The molecule has 0 spiro atoms. The zero-order chi connectivity index (χ0) is 11.3.